The van der Waals surface area contributed by atoms with Gasteiger partial charge in [-0.1, -0.05) is 18.2 Å². The van der Waals surface area contributed by atoms with Crippen LogP contribution in [0.3, 0.4) is 0 Å². The highest BCUT2D eigenvalue weighted by Crippen LogP contribution is 2.20. The second-order valence-electron chi connectivity index (χ2n) is 4.54. The van der Waals surface area contributed by atoms with Gasteiger partial charge in [-0.2, -0.15) is 12.6 Å². The smallest absolute Gasteiger partial charge is 0.254 e. The van der Waals surface area contributed by atoms with Crippen LogP contribution in [-0.2, 0) is 4.79 Å². The average molecular weight is 278 g/mol. The summed E-state index contributed by atoms with van der Waals surface area (Å²) >= 11 is 4.06. The predicted octanol–water partition coefficient (Wildman–Crippen LogP) is 1.34. The lowest BCUT2D eigenvalue weighted by molar-refractivity contribution is -0.124. The summed E-state index contributed by atoms with van der Waals surface area (Å²) in [5.41, 5.74) is 0.636. The third-order valence-electron chi connectivity index (χ3n) is 3.25. The van der Waals surface area contributed by atoms with Crippen LogP contribution >= 0.6 is 12.6 Å². The van der Waals surface area contributed by atoms with Gasteiger partial charge in [0.1, 0.15) is 6.04 Å². The molecule has 0 radical (unpaired) electrons. The highest BCUT2D eigenvalue weighted by atomic mass is 32.1. The number of benzene rings is 1. The van der Waals surface area contributed by atoms with Gasteiger partial charge in [-0.3, -0.25) is 9.59 Å². The van der Waals surface area contributed by atoms with Crippen LogP contribution in [0.25, 0.3) is 0 Å². The summed E-state index contributed by atoms with van der Waals surface area (Å²) in [7, 11) is 0. The van der Waals surface area contributed by atoms with E-state index in [9.17, 15) is 9.59 Å². The molecule has 1 aliphatic rings. The summed E-state index contributed by atoms with van der Waals surface area (Å²) in [5, 5.41) is 2.80. The fraction of sp³-hybridized carbons (Fsp3) is 0.429. The van der Waals surface area contributed by atoms with Crippen LogP contribution in [0.4, 0.5) is 0 Å². The maximum absolute atomic E-state index is 12.4. The van der Waals surface area contributed by atoms with Crippen LogP contribution in [0, 0.1) is 0 Å². The number of carbonyl (C=O) groups excluding carboxylic acids is 2. The van der Waals surface area contributed by atoms with E-state index in [1.165, 1.54) is 0 Å². The molecule has 1 N–H and O–H groups in total. The highest BCUT2D eigenvalue weighted by molar-refractivity contribution is 7.80. The van der Waals surface area contributed by atoms with Crippen molar-refractivity contribution < 1.29 is 9.59 Å². The van der Waals surface area contributed by atoms with Gasteiger partial charge in [0.05, 0.1) is 0 Å². The van der Waals surface area contributed by atoms with Crippen LogP contribution in [0.2, 0.25) is 0 Å². The fourth-order valence-corrected chi connectivity index (χ4v) is 2.44. The van der Waals surface area contributed by atoms with Crippen LogP contribution in [0.1, 0.15) is 23.2 Å². The van der Waals surface area contributed by atoms with Gasteiger partial charge in [-0.15, -0.1) is 0 Å². The largest absolute Gasteiger partial charge is 0.353 e. The minimum absolute atomic E-state index is 0.0656. The molecule has 1 saturated heterocycles. The van der Waals surface area contributed by atoms with E-state index in [1.807, 2.05) is 18.2 Å². The molecule has 102 valence electrons. The van der Waals surface area contributed by atoms with Crippen molar-refractivity contribution in [2.24, 2.45) is 0 Å². The summed E-state index contributed by atoms with van der Waals surface area (Å²) in [6.45, 7) is 1.18. The van der Waals surface area contributed by atoms with Crippen molar-refractivity contribution >= 4 is 24.4 Å². The predicted molar refractivity (Wildman–Crippen MR) is 77.4 cm³/mol. The number of nitrogens with one attached hydrogen (secondary N) is 1. The molecule has 2 amide bonds. The first-order chi connectivity index (χ1) is 9.24. The van der Waals surface area contributed by atoms with Crippen molar-refractivity contribution in [3.8, 4) is 0 Å². The molecule has 4 nitrogen and oxygen atoms in total. The summed E-state index contributed by atoms with van der Waals surface area (Å²) in [4.78, 5) is 26.0. The van der Waals surface area contributed by atoms with Gasteiger partial charge in [0.2, 0.25) is 5.91 Å². The van der Waals surface area contributed by atoms with Crippen LogP contribution in [-0.4, -0.2) is 41.6 Å². The van der Waals surface area contributed by atoms with E-state index < -0.39 is 0 Å². The molecule has 0 spiro atoms. The molecule has 1 heterocycles. The molecule has 0 unspecified atom stereocenters. The molecule has 0 bridgehead atoms. The van der Waals surface area contributed by atoms with E-state index in [0.29, 0.717) is 24.4 Å². The number of rotatable bonds is 4. The van der Waals surface area contributed by atoms with Gasteiger partial charge < -0.3 is 10.2 Å². The van der Waals surface area contributed by atoms with Crippen LogP contribution in [0.15, 0.2) is 30.3 Å². The average Bonchev–Trinajstić information content (AvgIpc) is 2.94. The van der Waals surface area contributed by atoms with Gasteiger partial charge in [0.15, 0.2) is 0 Å². The fourth-order valence-electron chi connectivity index (χ4n) is 2.33. The third-order valence-corrected chi connectivity index (χ3v) is 3.47. The SMILES string of the molecule is O=C(NCCS)[C@H]1CCCN1C(=O)c1ccccc1. The molecule has 1 aliphatic heterocycles. The minimum atomic E-state index is -0.340. The molecule has 1 atom stereocenters. The van der Waals surface area contributed by atoms with E-state index in [4.69, 9.17) is 0 Å². The van der Waals surface area contributed by atoms with E-state index >= 15 is 0 Å². The lowest BCUT2D eigenvalue weighted by Crippen LogP contribution is -2.46. The monoisotopic (exact) mass is 278 g/mol. The molecule has 1 aromatic carbocycles. The van der Waals surface area contributed by atoms with E-state index in [-0.39, 0.29) is 17.9 Å². The van der Waals surface area contributed by atoms with Crippen molar-refractivity contribution in [3.63, 3.8) is 0 Å². The van der Waals surface area contributed by atoms with Gasteiger partial charge >= 0.3 is 0 Å². The zero-order valence-electron chi connectivity index (χ0n) is 10.7. The Bertz CT molecular complexity index is 450. The number of amides is 2. The zero-order valence-corrected chi connectivity index (χ0v) is 11.6. The van der Waals surface area contributed by atoms with E-state index in [1.54, 1.807) is 17.0 Å². The first-order valence-corrected chi connectivity index (χ1v) is 7.12. The topological polar surface area (TPSA) is 49.4 Å². The normalized spacial score (nSPS) is 18.4. The summed E-state index contributed by atoms with van der Waals surface area (Å²) in [6.07, 6.45) is 1.61. The van der Waals surface area contributed by atoms with Crippen molar-refractivity contribution in [1.29, 1.82) is 0 Å². The first-order valence-electron chi connectivity index (χ1n) is 6.48. The Morgan fingerprint density at radius 2 is 2.05 bits per heavy atom. The Morgan fingerprint density at radius 3 is 2.74 bits per heavy atom. The standard InChI is InChI=1S/C14H18N2O2S/c17-13(15-8-10-19)12-7-4-9-16(12)14(18)11-5-2-1-3-6-11/h1-3,5-6,12,19H,4,7-10H2,(H,15,17)/t12-/m1/s1. The molecular weight excluding hydrogens is 260 g/mol. The molecule has 5 heteroatoms. The minimum Gasteiger partial charge on any atom is -0.353 e. The highest BCUT2D eigenvalue weighted by Gasteiger charge is 2.34. The van der Waals surface area contributed by atoms with Crippen molar-refractivity contribution in [1.82, 2.24) is 10.2 Å². The summed E-state index contributed by atoms with van der Waals surface area (Å²) < 4.78 is 0. The Hall–Kier alpha value is -1.49. The maximum atomic E-state index is 12.4. The molecule has 0 saturated carbocycles. The number of nitrogens with zero attached hydrogens (tertiary/aromatic N) is 1. The van der Waals surface area contributed by atoms with Gasteiger partial charge in [0, 0.05) is 24.4 Å². The Morgan fingerprint density at radius 1 is 1.32 bits per heavy atom. The quantitative estimate of drug-likeness (QED) is 0.817. The van der Waals surface area contributed by atoms with E-state index in [0.717, 1.165) is 12.8 Å². The summed E-state index contributed by atoms with van der Waals surface area (Å²) in [6, 6.07) is 8.76. The third kappa shape index (κ3) is 3.29. The molecule has 1 aromatic rings. The zero-order chi connectivity index (χ0) is 13.7. The molecule has 2 rings (SSSR count). The van der Waals surface area contributed by atoms with Gasteiger partial charge in [-0.25, -0.2) is 0 Å². The van der Waals surface area contributed by atoms with E-state index in [2.05, 4.69) is 17.9 Å². The first kappa shape index (κ1) is 13.9. The van der Waals surface area contributed by atoms with Crippen LogP contribution < -0.4 is 5.32 Å². The second kappa shape index (κ2) is 6.61. The van der Waals surface area contributed by atoms with Crippen molar-refractivity contribution in [2.75, 3.05) is 18.8 Å². The number of hydrogen-bond donors (Lipinski definition) is 2. The second-order valence-corrected chi connectivity index (χ2v) is 4.98. The van der Waals surface area contributed by atoms with Crippen LogP contribution in [0.5, 0.6) is 0 Å². The summed E-state index contributed by atoms with van der Waals surface area (Å²) in [5.74, 6) is 0.463. The molecule has 19 heavy (non-hydrogen) atoms. The Balaban J connectivity index is 2.06. The van der Waals surface area contributed by atoms with Gasteiger partial charge in [-0.05, 0) is 25.0 Å². The lowest BCUT2D eigenvalue weighted by atomic mass is 10.1. The number of likely N-dealkylation sites (tertiary alicyclic amines) is 1. The van der Waals surface area contributed by atoms with Gasteiger partial charge in [0.25, 0.3) is 5.91 Å². The maximum Gasteiger partial charge on any atom is 0.254 e. The molecular formula is C14H18N2O2S. The molecule has 0 aromatic heterocycles. The van der Waals surface area contributed by atoms with Crippen molar-refractivity contribution in [3.05, 3.63) is 35.9 Å². The molecule has 1 fully saturated rings. The van der Waals surface area contributed by atoms with Crippen molar-refractivity contribution in [2.45, 2.75) is 18.9 Å². The Kier molecular flexibility index (Phi) is 4.85. The molecule has 0 aliphatic carbocycles. The number of hydrogen-bond acceptors (Lipinski definition) is 3. The Labute approximate surface area is 118 Å². The number of thiol groups is 1. The lowest BCUT2D eigenvalue weighted by Gasteiger charge is -2.24. The number of carbonyl (C=O) groups is 2.